The van der Waals surface area contributed by atoms with E-state index in [0.717, 1.165) is 6.29 Å². The van der Waals surface area contributed by atoms with Gasteiger partial charge in [-0.2, -0.15) is 0 Å². The molecule has 0 saturated carbocycles. The molecule has 0 unspecified atom stereocenters. The summed E-state index contributed by atoms with van der Waals surface area (Å²) in [5.74, 6) is 5.32. The van der Waals surface area contributed by atoms with Crippen molar-refractivity contribution in [3.8, 4) is 11.8 Å². The van der Waals surface area contributed by atoms with Gasteiger partial charge in [0.15, 0.2) is 0 Å². The number of aldehydes is 1. The van der Waals surface area contributed by atoms with Crippen LogP contribution in [-0.2, 0) is 14.3 Å². The standard InChI is InChI=1S/C11H12O3/c1-11(2,8-12)5-3-4-9-6-10(13)14-7-9/h6,8H,5,7H2,1-2H3. The molecule has 0 fully saturated rings. The van der Waals surface area contributed by atoms with Crippen LogP contribution in [0.2, 0.25) is 0 Å². The van der Waals surface area contributed by atoms with Crippen LogP contribution in [0.25, 0.3) is 0 Å². The van der Waals surface area contributed by atoms with Crippen LogP contribution in [0.4, 0.5) is 0 Å². The first-order valence-electron chi connectivity index (χ1n) is 4.36. The Kier molecular flexibility index (Phi) is 3.08. The summed E-state index contributed by atoms with van der Waals surface area (Å²) in [4.78, 5) is 21.2. The van der Waals surface area contributed by atoms with E-state index in [1.807, 2.05) is 13.8 Å². The summed E-state index contributed by atoms with van der Waals surface area (Å²) >= 11 is 0. The van der Waals surface area contributed by atoms with Crippen molar-refractivity contribution in [3.05, 3.63) is 11.6 Å². The first-order chi connectivity index (χ1) is 6.53. The lowest BCUT2D eigenvalue weighted by Crippen LogP contribution is -2.11. The van der Waals surface area contributed by atoms with Gasteiger partial charge >= 0.3 is 5.97 Å². The van der Waals surface area contributed by atoms with E-state index in [-0.39, 0.29) is 12.6 Å². The summed E-state index contributed by atoms with van der Waals surface area (Å²) in [5, 5.41) is 0. The molecule has 0 bridgehead atoms. The quantitative estimate of drug-likeness (QED) is 0.373. The van der Waals surface area contributed by atoms with Crippen LogP contribution in [0.15, 0.2) is 11.6 Å². The van der Waals surface area contributed by atoms with Gasteiger partial charge in [-0.15, -0.1) is 0 Å². The number of hydrogen-bond donors (Lipinski definition) is 0. The van der Waals surface area contributed by atoms with E-state index in [0.29, 0.717) is 12.0 Å². The minimum absolute atomic E-state index is 0.257. The van der Waals surface area contributed by atoms with Crippen LogP contribution in [0.3, 0.4) is 0 Å². The molecule has 0 aliphatic carbocycles. The third-order valence-electron chi connectivity index (χ3n) is 1.77. The second kappa shape index (κ2) is 4.10. The van der Waals surface area contributed by atoms with Crippen LogP contribution in [-0.4, -0.2) is 18.9 Å². The van der Waals surface area contributed by atoms with Crippen molar-refractivity contribution in [2.45, 2.75) is 20.3 Å². The third kappa shape index (κ3) is 3.06. The van der Waals surface area contributed by atoms with E-state index in [2.05, 4.69) is 16.6 Å². The van der Waals surface area contributed by atoms with Crippen molar-refractivity contribution >= 4 is 12.3 Å². The molecule has 0 aromatic heterocycles. The normalized spacial score (nSPS) is 15.3. The number of esters is 1. The molecule has 3 heteroatoms. The summed E-state index contributed by atoms with van der Waals surface area (Å²) in [6.07, 6.45) is 2.75. The highest BCUT2D eigenvalue weighted by Crippen LogP contribution is 2.15. The Bertz CT molecular complexity index is 339. The van der Waals surface area contributed by atoms with Crippen molar-refractivity contribution in [2.75, 3.05) is 6.61 Å². The summed E-state index contributed by atoms with van der Waals surface area (Å²) in [5.41, 5.74) is 0.258. The lowest BCUT2D eigenvalue weighted by Gasteiger charge is -2.10. The molecule has 0 N–H and O–H groups in total. The molecule has 0 radical (unpaired) electrons. The van der Waals surface area contributed by atoms with E-state index < -0.39 is 5.41 Å². The van der Waals surface area contributed by atoms with Crippen LogP contribution >= 0.6 is 0 Å². The molecule has 0 spiro atoms. The number of carbonyl (C=O) groups is 2. The lowest BCUT2D eigenvalue weighted by atomic mass is 9.92. The van der Waals surface area contributed by atoms with Crippen molar-refractivity contribution in [1.82, 2.24) is 0 Å². The average molecular weight is 192 g/mol. The number of carbonyl (C=O) groups excluding carboxylic acids is 2. The predicted molar refractivity (Wildman–Crippen MR) is 51.3 cm³/mol. The lowest BCUT2D eigenvalue weighted by molar-refractivity contribution is -0.134. The smallest absolute Gasteiger partial charge is 0.332 e. The summed E-state index contributed by atoms with van der Waals surface area (Å²) < 4.78 is 4.67. The Morgan fingerprint density at radius 2 is 2.36 bits per heavy atom. The molecule has 1 heterocycles. The highest BCUT2D eigenvalue weighted by Gasteiger charge is 2.14. The first kappa shape index (κ1) is 10.5. The fourth-order valence-corrected chi connectivity index (χ4v) is 0.874. The van der Waals surface area contributed by atoms with Crippen LogP contribution < -0.4 is 0 Å². The van der Waals surface area contributed by atoms with Gasteiger partial charge < -0.3 is 9.53 Å². The van der Waals surface area contributed by atoms with Gasteiger partial charge in [-0.3, -0.25) is 0 Å². The van der Waals surface area contributed by atoms with Crippen molar-refractivity contribution in [1.29, 1.82) is 0 Å². The Hall–Kier alpha value is -1.56. The minimum atomic E-state index is -0.420. The zero-order valence-corrected chi connectivity index (χ0v) is 8.29. The molecular formula is C11H12O3. The maximum atomic E-state index is 10.6. The van der Waals surface area contributed by atoms with Gasteiger partial charge in [0, 0.05) is 23.5 Å². The van der Waals surface area contributed by atoms with E-state index >= 15 is 0 Å². The first-order valence-corrected chi connectivity index (χ1v) is 4.36. The largest absolute Gasteiger partial charge is 0.457 e. The summed E-state index contributed by atoms with van der Waals surface area (Å²) in [6, 6.07) is 0. The predicted octanol–water partition coefficient (Wildman–Crippen LogP) is 1.09. The molecule has 0 saturated heterocycles. The number of cyclic esters (lactones) is 1. The average Bonchev–Trinajstić information content (AvgIpc) is 2.51. The highest BCUT2D eigenvalue weighted by atomic mass is 16.5. The van der Waals surface area contributed by atoms with Gasteiger partial charge in [0.05, 0.1) is 0 Å². The van der Waals surface area contributed by atoms with Crippen LogP contribution in [0.5, 0.6) is 0 Å². The fraction of sp³-hybridized carbons (Fsp3) is 0.455. The molecule has 0 atom stereocenters. The third-order valence-corrected chi connectivity index (χ3v) is 1.77. The van der Waals surface area contributed by atoms with Gasteiger partial charge in [0.25, 0.3) is 0 Å². The van der Waals surface area contributed by atoms with Crippen LogP contribution in [0.1, 0.15) is 20.3 Å². The monoisotopic (exact) mass is 192 g/mol. The maximum Gasteiger partial charge on any atom is 0.332 e. The minimum Gasteiger partial charge on any atom is -0.457 e. The molecule has 14 heavy (non-hydrogen) atoms. The molecule has 1 aliphatic heterocycles. The number of rotatable bonds is 2. The Morgan fingerprint density at radius 1 is 1.64 bits per heavy atom. The Labute approximate surface area is 83.1 Å². The van der Waals surface area contributed by atoms with E-state index in [1.54, 1.807) is 0 Å². The van der Waals surface area contributed by atoms with E-state index in [4.69, 9.17) is 0 Å². The number of ether oxygens (including phenoxy) is 1. The highest BCUT2D eigenvalue weighted by molar-refractivity contribution is 5.86. The zero-order valence-electron chi connectivity index (χ0n) is 8.29. The van der Waals surface area contributed by atoms with E-state index in [1.165, 1.54) is 6.08 Å². The van der Waals surface area contributed by atoms with Crippen LogP contribution in [0, 0.1) is 17.3 Å². The number of hydrogen-bond acceptors (Lipinski definition) is 3. The van der Waals surface area contributed by atoms with Gasteiger partial charge in [-0.25, -0.2) is 4.79 Å². The molecule has 1 aliphatic rings. The Morgan fingerprint density at radius 3 is 2.86 bits per heavy atom. The van der Waals surface area contributed by atoms with Gasteiger partial charge in [0.1, 0.15) is 12.9 Å². The fourth-order valence-electron chi connectivity index (χ4n) is 0.874. The molecule has 3 nitrogen and oxygen atoms in total. The van der Waals surface area contributed by atoms with Gasteiger partial charge in [0.2, 0.25) is 0 Å². The molecule has 0 aromatic carbocycles. The second-order valence-corrected chi connectivity index (χ2v) is 3.86. The molecule has 1 rings (SSSR count). The zero-order chi connectivity index (χ0) is 10.6. The Balaban J connectivity index is 2.53. The molecule has 0 amide bonds. The van der Waals surface area contributed by atoms with Gasteiger partial charge in [-0.05, 0) is 0 Å². The van der Waals surface area contributed by atoms with Crippen molar-refractivity contribution in [2.24, 2.45) is 5.41 Å². The summed E-state index contributed by atoms with van der Waals surface area (Å²) in [6.45, 7) is 3.89. The van der Waals surface area contributed by atoms with Crippen molar-refractivity contribution in [3.63, 3.8) is 0 Å². The molecular weight excluding hydrogens is 180 g/mol. The topological polar surface area (TPSA) is 43.4 Å². The summed E-state index contributed by atoms with van der Waals surface area (Å²) in [7, 11) is 0. The van der Waals surface area contributed by atoms with E-state index in [9.17, 15) is 9.59 Å². The molecule has 74 valence electrons. The maximum absolute atomic E-state index is 10.6. The second-order valence-electron chi connectivity index (χ2n) is 3.86. The SMILES string of the molecule is CC(C)(C=O)CC#CC1=CC(=O)OC1. The van der Waals surface area contributed by atoms with Crippen molar-refractivity contribution < 1.29 is 14.3 Å². The van der Waals surface area contributed by atoms with Gasteiger partial charge in [-0.1, -0.05) is 25.7 Å². The molecule has 0 aromatic rings.